The van der Waals surface area contributed by atoms with Crippen LogP contribution in [0.3, 0.4) is 0 Å². The quantitative estimate of drug-likeness (QED) is 0.125. The molecule has 2 saturated heterocycles. The number of carbonyl (C=O) groups excluding carboxylic acids is 2. The van der Waals surface area contributed by atoms with Crippen LogP contribution in [0, 0.1) is 11.7 Å². The van der Waals surface area contributed by atoms with Gasteiger partial charge in [0.05, 0.1) is 37.7 Å². The fourth-order valence-electron chi connectivity index (χ4n) is 5.03. The summed E-state index contributed by atoms with van der Waals surface area (Å²) >= 11 is 6.13. The molecule has 2 aliphatic rings. The van der Waals surface area contributed by atoms with Gasteiger partial charge in [0, 0.05) is 45.2 Å². The Morgan fingerprint density at radius 3 is 2.50 bits per heavy atom. The molecule has 1 aromatic rings. The van der Waals surface area contributed by atoms with Crippen molar-refractivity contribution in [3.05, 3.63) is 29.6 Å². The molecule has 2 amide bonds. The summed E-state index contributed by atoms with van der Waals surface area (Å²) in [5.41, 5.74) is 0.304. The zero-order chi connectivity index (χ0) is 28.7. The van der Waals surface area contributed by atoms with E-state index in [0.29, 0.717) is 43.2 Å². The minimum Gasteiger partial charge on any atom is -0.493 e. The Kier molecular flexibility index (Phi) is 14.4. The van der Waals surface area contributed by atoms with Crippen LogP contribution in [0.15, 0.2) is 18.2 Å². The van der Waals surface area contributed by atoms with E-state index in [-0.39, 0.29) is 49.5 Å². The predicted octanol–water partition coefficient (Wildman–Crippen LogP) is 1.08. The van der Waals surface area contributed by atoms with E-state index in [9.17, 15) is 14.0 Å². The Labute approximate surface area is 241 Å². The predicted molar refractivity (Wildman–Crippen MR) is 152 cm³/mol. The van der Waals surface area contributed by atoms with Gasteiger partial charge in [0.25, 0.3) is 0 Å². The lowest BCUT2D eigenvalue weighted by atomic mass is 9.92. The largest absolute Gasteiger partial charge is 0.493 e. The van der Waals surface area contributed by atoms with E-state index in [1.54, 1.807) is 12.1 Å². The number of halogens is 2. The van der Waals surface area contributed by atoms with E-state index in [0.717, 1.165) is 51.9 Å². The maximum absolute atomic E-state index is 14.6. The molecular weight excluding hydrogens is 541 g/mol. The zero-order valence-corrected chi connectivity index (χ0v) is 23.9. The molecule has 2 fully saturated rings. The molecule has 6 N–H and O–H groups in total. The molecule has 0 spiro atoms. The molecule has 0 bridgehead atoms. The first-order chi connectivity index (χ1) is 19.4. The Hall–Kier alpha value is -2.02. The third-order valence-corrected chi connectivity index (χ3v) is 7.75. The highest BCUT2D eigenvalue weighted by Gasteiger charge is 2.27. The molecule has 0 aliphatic carbocycles. The third kappa shape index (κ3) is 11.5. The van der Waals surface area contributed by atoms with Crippen LogP contribution in [-0.2, 0) is 16.0 Å². The van der Waals surface area contributed by atoms with Gasteiger partial charge < -0.3 is 25.6 Å². The normalized spacial score (nSPS) is 20.4. The van der Waals surface area contributed by atoms with Crippen molar-refractivity contribution in [2.45, 2.75) is 69.1 Å². The van der Waals surface area contributed by atoms with Crippen molar-refractivity contribution in [1.82, 2.24) is 26.2 Å². The first-order valence-electron chi connectivity index (χ1n) is 14.4. The topological polar surface area (TPSA) is 135 Å². The summed E-state index contributed by atoms with van der Waals surface area (Å²) in [6.45, 7) is 4.02. The molecule has 0 radical (unpaired) electrons. The van der Waals surface area contributed by atoms with Gasteiger partial charge in [0.1, 0.15) is 17.9 Å². The molecule has 1 aromatic carbocycles. The first-order valence-corrected chi connectivity index (χ1v) is 14.9. The fourth-order valence-corrected chi connectivity index (χ4v) is 5.21. The number of piperidine rings is 1. The van der Waals surface area contributed by atoms with Gasteiger partial charge in [-0.1, -0.05) is 6.07 Å². The Morgan fingerprint density at radius 1 is 1.10 bits per heavy atom. The Bertz CT molecular complexity index is 909. The lowest BCUT2D eigenvalue weighted by Gasteiger charge is -2.41. The van der Waals surface area contributed by atoms with Gasteiger partial charge in [-0.3, -0.25) is 25.1 Å². The van der Waals surface area contributed by atoms with E-state index in [1.165, 1.54) is 6.07 Å². The number of likely N-dealkylation sites (tertiary alicyclic amines) is 1. The van der Waals surface area contributed by atoms with Crippen LogP contribution in [0.5, 0.6) is 5.75 Å². The van der Waals surface area contributed by atoms with E-state index in [2.05, 4.69) is 26.2 Å². The van der Waals surface area contributed by atoms with E-state index in [4.69, 9.17) is 26.6 Å². The number of rotatable bonds is 16. The second-order valence-corrected chi connectivity index (χ2v) is 11.3. The van der Waals surface area contributed by atoms with E-state index >= 15 is 0 Å². The van der Waals surface area contributed by atoms with Crippen molar-refractivity contribution < 1.29 is 28.9 Å². The summed E-state index contributed by atoms with van der Waals surface area (Å²) < 4.78 is 20.3. The zero-order valence-electron chi connectivity index (χ0n) is 23.2. The van der Waals surface area contributed by atoms with Crippen molar-refractivity contribution >= 4 is 23.4 Å². The average Bonchev–Trinajstić information content (AvgIpc) is 2.96. The summed E-state index contributed by atoms with van der Waals surface area (Å²) in [6.07, 6.45) is 5.80. The van der Waals surface area contributed by atoms with Crippen molar-refractivity contribution in [3.63, 3.8) is 0 Å². The van der Waals surface area contributed by atoms with Crippen LogP contribution in [0.1, 0.15) is 50.5 Å². The van der Waals surface area contributed by atoms with Gasteiger partial charge >= 0.3 is 0 Å². The maximum atomic E-state index is 14.6. The average molecular weight is 586 g/mol. The minimum atomic E-state index is -0.657. The number of aliphatic hydroxyl groups excluding tert-OH is 2. The number of amides is 2. The molecule has 3 rings (SSSR count). The molecule has 0 unspecified atom stereocenters. The summed E-state index contributed by atoms with van der Waals surface area (Å²) in [4.78, 5) is 26.4. The van der Waals surface area contributed by atoms with E-state index in [1.807, 2.05) is 0 Å². The fraction of sp³-hybridized carbons (Fsp3) is 0.714. The number of nitrogens with zero attached hydrogens (tertiary/aromatic N) is 1. The van der Waals surface area contributed by atoms with E-state index < -0.39 is 11.9 Å². The van der Waals surface area contributed by atoms with Crippen molar-refractivity contribution in [2.24, 2.45) is 5.92 Å². The molecule has 0 saturated carbocycles. The maximum Gasteiger partial charge on any atom is 0.224 e. The number of hydrogen-bond donors (Lipinski definition) is 6. The lowest BCUT2D eigenvalue weighted by Crippen LogP contribution is -2.62. The van der Waals surface area contributed by atoms with Crippen LogP contribution < -0.4 is 26.0 Å². The third-order valence-electron chi connectivity index (χ3n) is 7.44. The second-order valence-electron chi connectivity index (χ2n) is 10.7. The molecule has 2 heterocycles. The SMILES string of the molecule is O=C(Cc1ccc(OCCCC2CCN(C3NCC(Cl)CN3)CC2)cc1F)NCCCCC(=O)NC(CO)CO. The molecule has 2 aliphatic heterocycles. The molecule has 226 valence electrons. The number of nitrogens with one attached hydrogen (secondary N) is 4. The highest BCUT2D eigenvalue weighted by atomic mass is 35.5. The van der Waals surface area contributed by atoms with Gasteiger partial charge in [-0.15, -0.1) is 11.6 Å². The smallest absolute Gasteiger partial charge is 0.224 e. The molecule has 40 heavy (non-hydrogen) atoms. The van der Waals surface area contributed by atoms with Crippen molar-refractivity contribution in [3.8, 4) is 5.75 Å². The summed E-state index contributed by atoms with van der Waals surface area (Å²) in [5, 5.41) is 30.3. The molecular formula is C28H45ClFN5O5. The molecule has 0 aromatic heterocycles. The van der Waals surface area contributed by atoms with Gasteiger partial charge in [-0.05, 0) is 56.1 Å². The first kappa shape index (κ1) is 32.5. The Morgan fingerprint density at radius 2 is 1.82 bits per heavy atom. The van der Waals surface area contributed by atoms with Gasteiger partial charge in [-0.25, -0.2) is 4.39 Å². The molecule has 0 atom stereocenters. The highest BCUT2D eigenvalue weighted by Crippen LogP contribution is 2.24. The number of benzene rings is 1. The monoisotopic (exact) mass is 585 g/mol. The summed E-state index contributed by atoms with van der Waals surface area (Å²) in [6, 6.07) is 3.96. The number of ether oxygens (including phenoxy) is 1. The van der Waals surface area contributed by atoms with Gasteiger partial charge in [0.2, 0.25) is 11.8 Å². The van der Waals surface area contributed by atoms with Gasteiger partial charge in [-0.2, -0.15) is 0 Å². The van der Waals surface area contributed by atoms with Crippen LogP contribution in [-0.4, -0.2) is 97.2 Å². The number of hydrogen-bond acceptors (Lipinski definition) is 8. The second kappa shape index (κ2) is 17.7. The Balaban J connectivity index is 1.24. The number of unbranched alkanes of at least 4 members (excludes halogenated alkanes) is 1. The van der Waals surface area contributed by atoms with Crippen molar-refractivity contribution in [2.75, 3.05) is 52.5 Å². The molecule has 12 heteroatoms. The number of aliphatic hydroxyl groups is 2. The highest BCUT2D eigenvalue weighted by molar-refractivity contribution is 6.21. The van der Waals surface area contributed by atoms with Crippen LogP contribution >= 0.6 is 11.6 Å². The van der Waals surface area contributed by atoms with Crippen LogP contribution in [0.2, 0.25) is 0 Å². The lowest BCUT2D eigenvalue weighted by molar-refractivity contribution is -0.122. The standard InChI is InChI=1S/C28H45ClFN5O5/c29-22-16-32-28(33-17-22)35-11-8-20(9-12-35)4-3-13-40-24-7-6-21(25(30)15-24)14-27(39)31-10-2-1-5-26(38)34-23(18-36)19-37/h6-7,15,20,22-23,28,32-33,36-37H,1-5,8-14,16-19H2,(H,31,39)(H,34,38). The van der Waals surface area contributed by atoms with Crippen LogP contribution in [0.4, 0.5) is 4.39 Å². The number of carbonyl (C=O) groups is 2. The van der Waals surface area contributed by atoms with Crippen LogP contribution in [0.25, 0.3) is 0 Å². The van der Waals surface area contributed by atoms with Gasteiger partial charge in [0.15, 0.2) is 0 Å². The number of alkyl halides is 1. The summed E-state index contributed by atoms with van der Waals surface area (Å²) in [7, 11) is 0. The summed E-state index contributed by atoms with van der Waals surface area (Å²) in [5.74, 6) is 0.113. The minimum absolute atomic E-state index is 0.0711. The molecule has 10 nitrogen and oxygen atoms in total. The van der Waals surface area contributed by atoms with Crippen molar-refractivity contribution in [1.29, 1.82) is 0 Å².